The number of hydrogen-bond acceptors (Lipinski definition) is 12. The number of nitrogens with one attached hydrogen (secondary N) is 2. The molecular formula is C52H84N4O11. The number of aromatic amines is 1. The highest BCUT2D eigenvalue weighted by Gasteiger charge is 2.75. The lowest BCUT2D eigenvalue weighted by atomic mass is 9.30. The van der Waals surface area contributed by atoms with Crippen molar-refractivity contribution in [1.29, 1.82) is 0 Å². The van der Waals surface area contributed by atoms with Gasteiger partial charge < -0.3 is 61.3 Å². The summed E-state index contributed by atoms with van der Waals surface area (Å²) in [7, 11) is 0. The van der Waals surface area contributed by atoms with Crippen molar-refractivity contribution in [3.05, 3.63) is 29.9 Å². The van der Waals surface area contributed by atoms with Crippen LogP contribution in [0.15, 0.2) is 24.2 Å². The molecule has 15 heteroatoms. The van der Waals surface area contributed by atoms with Gasteiger partial charge in [-0.1, -0.05) is 72.5 Å². The summed E-state index contributed by atoms with van der Waals surface area (Å²) >= 11 is 0. The number of hydrogen-bond donors (Lipinski definition) is 10. The van der Waals surface area contributed by atoms with Gasteiger partial charge >= 0.3 is 5.97 Å². The summed E-state index contributed by atoms with van der Waals surface area (Å²) in [6.45, 7) is 13.3. The van der Waals surface area contributed by atoms with E-state index >= 15 is 0 Å². The third-order valence-corrected chi connectivity index (χ3v) is 20.8. The minimum absolute atomic E-state index is 0.000747. The summed E-state index contributed by atoms with van der Waals surface area (Å²) < 4.78 is 12.5. The van der Waals surface area contributed by atoms with Crippen molar-refractivity contribution < 1.29 is 54.8 Å². The largest absolute Gasteiger partial charge is 0.481 e. The molecule has 67 heavy (non-hydrogen) atoms. The minimum Gasteiger partial charge on any atom is -0.481 e. The lowest BCUT2D eigenvalue weighted by Crippen LogP contribution is -2.73. The molecule has 5 aliphatic carbocycles. The molecule has 2 aliphatic heterocycles. The van der Waals surface area contributed by atoms with Crippen molar-refractivity contribution >= 4 is 11.9 Å². The van der Waals surface area contributed by atoms with E-state index < -0.39 is 75.8 Å². The number of amides is 1. The Kier molecular flexibility index (Phi) is 14.4. The first-order valence-corrected chi connectivity index (χ1v) is 25.9. The number of aliphatic hydroxyl groups excluding tert-OH is 6. The van der Waals surface area contributed by atoms with Gasteiger partial charge in [0.25, 0.3) is 0 Å². The molecule has 6 fully saturated rings. The molecule has 1 aromatic rings. The van der Waals surface area contributed by atoms with Crippen LogP contribution in [0.3, 0.4) is 0 Å². The zero-order valence-electron chi connectivity index (χ0n) is 41.0. The molecule has 1 amide bonds. The van der Waals surface area contributed by atoms with E-state index in [2.05, 4.69) is 56.0 Å². The molecule has 0 spiro atoms. The van der Waals surface area contributed by atoms with Crippen LogP contribution in [-0.4, -0.2) is 127 Å². The van der Waals surface area contributed by atoms with Crippen molar-refractivity contribution in [2.45, 2.75) is 187 Å². The standard InChI is InChI=1S/C52H84N4O11/c1-7-8-9-11-30-22-52(46(64)65)18-17-47(2,26-57)23-34(52)32-13-14-38-49(4,51(30,32)6)16-15-37-48(3,27-58)44(67-45-43(63)42(62)36(59)25-66-45)41(61)33(50(37,38)5)20-29-21-39(60)56-40(29)31(12-10-19-53)35-24-54-28-55-35/h13,24,28-31,33-34,36-38,40-45,57-59,61-63H,7-12,14-23,25-27,53H2,1-6H3,(H,54,55)(H,56,60)(H,64,65). The van der Waals surface area contributed by atoms with Gasteiger partial charge in [0.05, 0.1) is 37.2 Å². The number of fused-ring (bicyclic) bond motifs is 7. The SMILES string of the molecule is CCCCCC1CC2(C(=O)O)CCC(C)(CO)CC2C2=CCC3C4(C)C(CC5CC(=O)NC5C(CCCN)c5cnc[nH]5)C(O)C(OC5OCC(O)C(O)C5O)C(C)(CO)C4CCC3(C)C21C. The molecule has 20 atom stereocenters. The first-order chi connectivity index (χ1) is 31.7. The third kappa shape index (κ3) is 7.99. The summed E-state index contributed by atoms with van der Waals surface area (Å²) in [5, 5.41) is 83.0. The monoisotopic (exact) mass is 941 g/mol. The molecule has 0 bridgehead atoms. The third-order valence-electron chi connectivity index (χ3n) is 20.8. The lowest BCUT2D eigenvalue weighted by Gasteiger charge is -2.74. The van der Waals surface area contributed by atoms with E-state index in [1.807, 2.05) is 13.1 Å². The molecule has 15 nitrogen and oxygen atoms in total. The highest BCUT2D eigenvalue weighted by atomic mass is 16.7. The van der Waals surface area contributed by atoms with Crippen molar-refractivity contribution in [2.24, 2.45) is 73.7 Å². The van der Waals surface area contributed by atoms with Crippen molar-refractivity contribution in [3.8, 4) is 0 Å². The van der Waals surface area contributed by atoms with Crippen LogP contribution in [0.25, 0.3) is 0 Å². The first kappa shape index (κ1) is 50.9. The molecule has 4 saturated carbocycles. The number of carbonyl (C=O) groups is 2. The number of H-pyrrole nitrogens is 1. The van der Waals surface area contributed by atoms with E-state index in [1.165, 1.54) is 5.57 Å². The van der Waals surface area contributed by atoms with Gasteiger partial charge in [0.15, 0.2) is 6.29 Å². The van der Waals surface area contributed by atoms with Crippen molar-refractivity contribution in [1.82, 2.24) is 15.3 Å². The van der Waals surface area contributed by atoms with Crippen LogP contribution < -0.4 is 11.1 Å². The Morgan fingerprint density at radius 1 is 0.985 bits per heavy atom. The second-order valence-corrected chi connectivity index (χ2v) is 24.0. The molecule has 8 rings (SSSR count). The zero-order valence-corrected chi connectivity index (χ0v) is 41.0. The molecule has 7 aliphatic rings. The number of unbranched alkanes of at least 4 members (excludes halogenated alkanes) is 2. The number of nitrogens with zero attached hydrogens (tertiary/aromatic N) is 1. The summed E-state index contributed by atoms with van der Waals surface area (Å²) in [5.41, 5.74) is 4.35. The molecule has 378 valence electrons. The van der Waals surface area contributed by atoms with E-state index in [0.717, 1.165) is 44.2 Å². The van der Waals surface area contributed by atoms with Crippen LogP contribution in [0.2, 0.25) is 0 Å². The molecule has 2 saturated heterocycles. The van der Waals surface area contributed by atoms with E-state index in [-0.39, 0.29) is 79.1 Å². The quantitative estimate of drug-likeness (QED) is 0.0609. The van der Waals surface area contributed by atoms with Crippen molar-refractivity contribution in [3.63, 3.8) is 0 Å². The van der Waals surface area contributed by atoms with Crippen LogP contribution in [0.4, 0.5) is 0 Å². The lowest BCUT2D eigenvalue weighted by molar-refractivity contribution is -0.341. The summed E-state index contributed by atoms with van der Waals surface area (Å²) in [6, 6.07) is -0.290. The summed E-state index contributed by atoms with van der Waals surface area (Å²) in [6.07, 6.45) is 8.33. The Morgan fingerprint density at radius 3 is 2.40 bits per heavy atom. The fourth-order valence-corrected chi connectivity index (χ4v) is 16.9. The number of ether oxygens (including phenoxy) is 2. The molecule has 20 unspecified atom stereocenters. The number of carboxylic acids is 1. The first-order valence-electron chi connectivity index (χ1n) is 25.9. The molecule has 0 radical (unpaired) electrons. The number of carboxylic acid groups (broad SMARTS) is 1. The maximum Gasteiger partial charge on any atom is 0.310 e. The number of aliphatic carboxylic acids is 1. The molecule has 1 aromatic heterocycles. The number of aromatic nitrogens is 2. The van der Waals surface area contributed by atoms with Gasteiger partial charge in [-0.25, -0.2) is 4.98 Å². The Hall–Kier alpha value is -2.47. The van der Waals surface area contributed by atoms with E-state index in [9.17, 15) is 45.3 Å². The highest BCUT2D eigenvalue weighted by Crippen LogP contribution is 2.78. The molecular weight excluding hydrogens is 857 g/mol. The zero-order chi connectivity index (χ0) is 48.5. The maximum atomic E-state index is 13.8. The molecule has 11 N–H and O–H groups in total. The van der Waals surface area contributed by atoms with Crippen LogP contribution in [-0.2, 0) is 19.1 Å². The second kappa shape index (κ2) is 18.9. The number of imidazole rings is 1. The van der Waals surface area contributed by atoms with Gasteiger partial charge in [-0.3, -0.25) is 9.59 Å². The normalized spacial score (nSPS) is 47.7. The Bertz CT molecular complexity index is 1950. The number of carbonyl (C=O) groups excluding carboxylic acids is 1. The van der Waals surface area contributed by atoms with E-state index in [1.54, 1.807) is 6.33 Å². The molecule has 3 heterocycles. The number of rotatable bonds is 16. The maximum absolute atomic E-state index is 13.8. The van der Waals surface area contributed by atoms with Gasteiger partial charge in [0, 0.05) is 42.3 Å². The second-order valence-electron chi connectivity index (χ2n) is 24.0. The number of aliphatic hydroxyl groups is 6. The number of allylic oxidation sites excluding steroid dienone is 2. The fourth-order valence-electron chi connectivity index (χ4n) is 16.9. The summed E-state index contributed by atoms with van der Waals surface area (Å²) in [5.74, 6) is -2.06. The Labute approximate surface area is 397 Å². The van der Waals surface area contributed by atoms with Gasteiger partial charge in [0.1, 0.15) is 18.3 Å². The fraction of sp³-hybridized carbons (Fsp3) is 0.865. The van der Waals surface area contributed by atoms with Crippen LogP contribution >= 0.6 is 0 Å². The highest BCUT2D eigenvalue weighted by molar-refractivity contribution is 5.79. The topological polar surface area (TPSA) is 261 Å². The van der Waals surface area contributed by atoms with E-state index in [0.29, 0.717) is 57.9 Å². The smallest absolute Gasteiger partial charge is 0.310 e. The summed E-state index contributed by atoms with van der Waals surface area (Å²) in [4.78, 5) is 35.2. The van der Waals surface area contributed by atoms with Crippen LogP contribution in [0, 0.1) is 68.0 Å². The average Bonchev–Trinajstić information content (AvgIpc) is 3.97. The molecule has 0 aromatic carbocycles. The van der Waals surface area contributed by atoms with Gasteiger partial charge in [-0.2, -0.15) is 0 Å². The number of nitrogens with two attached hydrogens (primary N) is 1. The van der Waals surface area contributed by atoms with Gasteiger partial charge in [-0.05, 0) is 134 Å². The predicted octanol–water partition coefficient (Wildman–Crippen LogP) is 4.79. The minimum atomic E-state index is -1.61. The Balaban J connectivity index is 1.27. The van der Waals surface area contributed by atoms with Crippen molar-refractivity contribution in [2.75, 3.05) is 26.4 Å². The van der Waals surface area contributed by atoms with E-state index in [4.69, 9.17) is 15.2 Å². The predicted molar refractivity (Wildman–Crippen MR) is 250 cm³/mol. The van der Waals surface area contributed by atoms with Crippen LogP contribution in [0.5, 0.6) is 0 Å². The van der Waals surface area contributed by atoms with Gasteiger partial charge in [0.2, 0.25) is 5.91 Å². The average molecular weight is 941 g/mol. The Morgan fingerprint density at radius 2 is 1.75 bits per heavy atom. The van der Waals surface area contributed by atoms with Crippen LogP contribution in [0.1, 0.15) is 149 Å². The van der Waals surface area contributed by atoms with Gasteiger partial charge in [-0.15, -0.1) is 0 Å².